The molecule has 0 radical (unpaired) electrons. The molecule has 0 atom stereocenters. The van der Waals surface area contributed by atoms with Gasteiger partial charge >= 0.3 is 0 Å². The van der Waals surface area contributed by atoms with Crippen LogP contribution in [0, 0.1) is 3.57 Å². The number of carbonyl (C=O) groups excluding carboxylic acids is 1. The number of carbonyl (C=O) groups is 1. The van der Waals surface area contributed by atoms with E-state index in [1.54, 1.807) is 0 Å². The summed E-state index contributed by atoms with van der Waals surface area (Å²) >= 11 is 3.68. The lowest BCUT2D eigenvalue weighted by Crippen LogP contribution is -2.25. The van der Waals surface area contributed by atoms with Crippen LogP contribution >= 0.6 is 33.9 Å². The Kier molecular flexibility index (Phi) is 4.30. The summed E-state index contributed by atoms with van der Waals surface area (Å²) in [4.78, 5) is 12.9. The van der Waals surface area contributed by atoms with E-state index in [1.165, 1.54) is 27.8 Å². The molecule has 0 saturated heterocycles. The molecule has 0 bridgehead atoms. The lowest BCUT2D eigenvalue weighted by Gasteiger charge is -2.03. The van der Waals surface area contributed by atoms with Crippen LogP contribution in [0.4, 0.5) is 0 Å². The van der Waals surface area contributed by atoms with Crippen LogP contribution in [0.5, 0.6) is 0 Å². The fourth-order valence-corrected chi connectivity index (χ4v) is 4.22. The van der Waals surface area contributed by atoms with Gasteiger partial charge in [-0.25, -0.2) is 0 Å². The largest absolute Gasteiger partial charge is 0.351 e. The minimum Gasteiger partial charge on any atom is -0.351 e. The van der Waals surface area contributed by atoms with Gasteiger partial charge in [-0.2, -0.15) is 0 Å². The van der Waals surface area contributed by atoms with Crippen LogP contribution in [0.25, 0.3) is 10.9 Å². The van der Waals surface area contributed by atoms with Crippen LogP contribution in [0.3, 0.4) is 0 Å². The molecule has 3 nitrogen and oxygen atoms in total. The molecule has 108 valence electrons. The van der Waals surface area contributed by atoms with Crippen LogP contribution in [0.1, 0.15) is 15.2 Å². The van der Waals surface area contributed by atoms with Crippen molar-refractivity contribution in [3.63, 3.8) is 0 Å². The van der Waals surface area contributed by atoms with Crippen molar-refractivity contribution in [3.05, 3.63) is 55.9 Å². The normalized spacial score (nSPS) is 11.0. The smallest absolute Gasteiger partial charge is 0.262 e. The SMILES string of the molecule is Cn1cc(CCNC(=O)c2sccc2I)c2ccccc21. The minimum absolute atomic E-state index is 0.0228. The Bertz CT molecular complexity index is 791. The topological polar surface area (TPSA) is 34.0 Å². The molecular weight excluding hydrogens is 395 g/mol. The molecule has 0 aliphatic rings. The first-order valence-corrected chi connectivity index (χ1v) is 8.67. The fraction of sp³-hybridized carbons (Fsp3) is 0.188. The van der Waals surface area contributed by atoms with E-state index in [2.05, 4.69) is 63.9 Å². The first-order chi connectivity index (χ1) is 10.2. The van der Waals surface area contributed by atoms with Gasteiger partial charge in [0.05, 0.1) is 0 Å². The van der Waals surface area contributed by atoms with Crippen molar-refractivity contribution in [2.24, 2.45) is 7.05 Å². The highest BCUT2D eigenvalue weighted by Crippen LogP contribution is 2.21. The number of nitrogens with zero attached hydrogens (tertiary/aromatic N) is 1. The van der Waals surface area contributed by atoms with Gasteiger partial charge in [-0.1, -0.05) is 18.2 Å². The summed E-state index contributed by atoms with van der Waals surface area (Å²) in [5.74, 6) is 0.0228. The Labute approximate surface area is 141 Å². The van der Waals surface area contributed by atoms with E-state index in [-0.39, 0.29) is 5.91 Å². The van der Waals surface area contributed by atoms with Crippen molar-refractivity contribution in [2.45, 2.75) is 6.42 Å². The maximum Gasteiger partial charge on any atom is 0.262 e. The van der Waals surface area contributed by atoms with Crippen LogP contribution in [-0.2, 0) is 13.5 Å². The monoisotopic (exact) mass is 410 g/mol. The van der Waals surface area contributed by atoms with Gasteiger partial charge in [0.1, 0.15) is 4.88 Å². The fourth-order valence-electron chi connectivity index (χ4n) is 2.47. The molecule has 2 aromatic heterocycles. The van der Waals surface area contributed by atoms with Crippen molar-refractivity contribution >= 4 is 50.7 Å². The summed E-state index contributed by atoms with van der Waals surface area (Å²) in [5, 5.41) is 6.22. The predicted molar refractivity (Wildman–Crippen MR) is 96.0 cm³/mol. The Morgan fingerprint density at radius 2 is 2.14 bits per heavy atom. The van der Waals surface area contributed by atoms with Gasteiger partial charge < -0.3 is 9.88 Å². The first kappa shape index (κ1) is 14.6. The molecule has 5 heteroatoms. The molecule has 0 aliphatic carbocycles. The number of benzene rings is 1. The number of thiophene rings is 1. The van der Waals surface area contributed by atoms with Crippen molar-refractivity contribution in [1.82, 2.24) is 9.88 Å². The maximum absolute atomic E-state index is 12.1. The van der Waals surface area contributed by atoms with E-state index in [4.69, 9.17) is 0 Å². The van der Waals surface area contributed by atoms with Crippen molar-refractivity contribution in [2.75, 3.05) is 6.54 Å². The number of hydrogen-bond donors (Lipinski definition) is 1. The zero-order chi connectivity index (χ0) is 14.8. The molecule has 21 heavy (non-hydrogen) atoms. The molecule has 3 aromatic rings. The predicted octanol–water partition coefficient (Wildman–Crippen LogP) is 3.82. The summed E-state index contributed by atoms with van der Waals surface area (Å²) < 4.78 is 3.15. The Morgan fingerprint density at radius 1 is 1.33 bits per heavy atom. The molecule has 3 rings (SSSR count). The van der Waals surface area contributed by atoms with Gasteiger partial charge in [-0.3, -0.25) is 4.79 Å². The number of amides is 1. The van der Waals surface area contributed by atoms with Gasteiger partial charge in [0, 0.05) is 34.3 Å². The van der Waals surface area contributed by atoms with Gasteiger partial charge in [-0.05, 0) is 52.1 Å². The molecule has 0 aliphatic heterocycles. The summed E-state index contributed by atoms with van der Waals surface area (Å²) in [6, 6.07) is 10.3. The Hall–Kier alpha value is -1.34. The molecule has 1 aromatic carbocycles. The molecular formula is C16H15IN2OS. The van der Waals surface area contributed by atoms with Gasteiger partial charge in [0.2, 0.25) is 0 Å². The molecule has 1 amide bonds. The average molecular weight is 410 g/mol. The van der Waals surface area contributed by atoms with Gasteiger partial charge in [-0.15, -0.1) is 11.3 Å². The maximum atomic E-state index is 12.1. The second kappa shape index (κ2) is 6.19. The molecule has 0 unspecified atom stereocenters. The number of hydrogen-bond acceptors (Lipinski definition) is 2. The Balaban J connectivity index is 1.67. The highest BCUT2D eigenvalue weighted by Gasteiger charge is 2.11. The zero-order valence-corrected chi connectivity index (χ0v) is 14.6. The highest BCUT2D eigenvalue weighted by molar-refractivity contribution is 14.1. The number of para-hydroxylation sites is 1. The standard InChI is InChI=1S/C16H15IN2OS/c1-19-10-11(12-4-2-3-5-14(12)19)6-8-18-16(20)15-13(17)7-9-21-15/h2-5,7,9-10H,6,8H2,1H3,(H,18,20). The van der Waals surface area contributed by atoms with Crippen LogP contribution in [-0.4, -0.2) is 17.0 Å². The summed E-state index contributed by atoms with van der Waals surface area (Å²) in [6.45, 7) is 0.654. The van der Waals surface area contributed by atoms with E-state index >= 15 is 0 Å². The number of nitrogens with one attached hydrogen (secondary N) is 1. The van der Waals surface area contributed by atoms with Crippen molar-refractivity contribution in [1.29, 1.82) is 0 Å². The first-order valence-electron chi connectivity index (χ1n) is 6.71. The summed E-state index contributed by atoms with van der Waals surface area (Å²) in [6.07, 6.45) is 2.99. The quantitative estimate of drug-likeness (QED) is 0.653. The number of fused-ring (bicyclic) bond motifs is 1. The number of rotatable bonds is 4. The molecule has 0 saturated carbocycles. The number of aromatic nitrogens is 1. The molecule has 2 heterocycles. The highest BCUT2D eigenvalue weighted by atomic mass is 127. The number of aryl methyl sites for hydroxylation is 1. The minimum atomic E-state index is 0.0228. The zero-order valence-electron chi connectivity index (χ0n) is 11.6. The van der Waals surface area contributed by atoms with Crippen LogP contribution in [0.2, 0.25) is 0 Å². The third-order valence-corrected chi connectivity index (χ3v) is 5.66. The van der Waals surface area contributed by atoms with E-state index in [0.717, 1.165) is 14.9 Å². The second-order valence-electron chi connectivity index (χ2n) is 4.89. The number of halogens is 1. The molecule has 0 fully saturated rings. The van der Waals surface area contributed by atoms with E-state index in [0.29, 0.717) is 6.54 Å². The van der Waals surface area contributed by atoms with Crippen LogP contribution in [0.15, 0.2) is 41.9 Å². The third-order valence-electron chi connectivity index (χ3n) is 3.48. The summed E-state index contributed by atoms with van der Waals surface area (Å²) in [7, 11) is 2.05. The second-order valence-corrected chi connectivity index (χ2v) is 6.96. The van der Waals surface area contributed by atoms with Crippen molar-refractivity contribution in [3.8, 4) is 0 Å². The van der Waals surface area contributed by atoms with E-state index in [1.807, 2.05) is 17.5 Å². The molecule has 1 N–H and O–H groups in total. The average Bonchev–Trinajstić information content (AvgIpc) is 3.04. The van der Waals surface area contributed by atoms with Crippen LogP contribution < -0.4 is 5.32 Å². The lowest BCUT2D eigenvalue weighted by molar-refractivity contribution is 0.0957. The lowest BCUT2D eigenvalue weighted by atomic mass is 10.1. The molecule has 0 spiro atoms. The van der Waals surface area contributed by atoms with E-state index in [9.17, 15) is 4.79 Å². The van der Waals surface area contributed by atoms with Gasteiger partial charge in [0.15, 0.2) is 0 Å². The van der Waals surface area contributed by atoms with Gasteiger partial charge in [0.25, 0.3) is 5.91 Å². The Morgan fingerprint density at radius 3 is 2.90 bits per heavy atom. The van der Waals surface area contributed by atoms with E-state index < -0.39 is 0 Å². The summed E-state index contributed by atoms with van der Waals surface area (Å²) in [5.41, 5.74) is 2.50. The van der Waals surface area contributed by atoms with Crippen molar-refractivity contribution < 1.29 is 4.79 Å². The third kappa shape index (κ3) is 2.98.